The number of nitrogens with zero attached hydrogens (tertiary/aromatic N) is 2. The summed E-state index contributed by atoms with van der Waals surface area (Å²) in [5.74, 6) is 0.0684. The first-order chi connectivity index (χ1) is 9.69. The lowest BCUT2D eigenvalue weighted by Crippen LogP contribution is -1.94. The summed E-state index contributed by atoms with van der Waals surface area (Å²) in [7, 11) is 1.43. The van der Waals surface area contributed by atoms with Crippen molar-refractivity contribution in [2.75, 3.05) is 7.11 Å². The topological polar surface area (TPSA) is 66.0 Å². The van der Waals surface area contributed by atoms with Gasteiger partial charge in [0, 0.05) is 6.07 Å². The fourth-order valence-electron chi connectivity index (χ4n) is 1.64. The number of hydrogen-bond acceptors (Lipinski definition) is 4. The molecule has 2 aromatic rings. The van der Waals surface area contributed by atoms with Gasteiger partial charge in [0.05, 0.1) is 18.7 Å². The zero-order chi connectivity index (χ0) is 14.5. The van der Waals surface area contributed by atoms with Crippen LogP contribution in [0.3, 0.4) is 0 Å². The molecule has 0 unspecified atom stereocenters. The molecule has 0 saturated heterocycles. The molecule has 4 nitrogen and oxygen atoms in total. The highest BCUT2D eigenvalue weighted by molar-refractivity contribution is 5.51. The lowest BCUT2D eigenvalue weighted by atomic mass is 10.2. The smallest absolute Gasteiger partial charge is 0.169 e. The van der Waals surface area contributed by atoms with Crippen LogP contribution in [0, 0.1) is 28.5 Å². The Morgan fingerprint density at radius 1 is 1.00 bits per heavy atom. The van der Waals surface area contributed by atoms with Gasteiger partial charge in [-0.15, -0.1) is 0 Å². The quantitative estimate of drug-likeness (QED) is 0.855. The van der Waals surface area contributed by atoms with Gasteiger partial charge in [-0.1, -0.05) is 6.07 Å². The van der Waals surface area contributed by atoms with Crippen molar-refractivity contribution < 1.29 is 13.9 Å². The molecule has 0 saturated carbocycles. The molecule has 2 rings (SSSR count). The molecule has 0 aromatic heterocycles. The second-order valence-electron chi connectivity index (χ2n) is 3.80. The van der Waals surface area contributed by atoms with Crippen LogP contribution in [0.1, 0.15) is 11.1 Å². The minimum atomic E-state index is -0.655. The van der Waals surface area contributed by atoms with Crippen LogP contribution >= 0.6 is 0 Å². The lowest BCUT2D eigenvalue weighted by Gasteiger charge is -2.11. The van der Waals surface area contributed by atoms with Gasteiger partial charge in [-0.2, -0.15) is 10.5 Å². The third-order valence-corrected chi connectivity index (χ3v) is 2.60. The van der Waals surface area contributed by atoms with Crippen LogP contribution in [-0.2, 0) is 0 Å². The van der Waals surface area contributed by atoms with Crippen molar-refractivity contribution in [3.63, 3.8) is 0 Å². The molecule has 0 N–H and O–H groups in total. The van der Waals surface area contributed by atoms with E-state index in [1.165, 1.54) is 37.4 Å². The van der Waals surface area contributed by atoms with Crippen molar-refractivity contribution in [3.8, 4) is 29.4 Å². The van der Waals surface area contributed by atoms with E-state index >= 15 is 0 Å². The largest absolute Gasteiger partial charge is 0.493 e. The van der Waals surface area contributed by atoms with E-state index in [4.69, 9.17) is 20.0 Å². The van der Waals surface area contributed by atoms with Crippen LogP contribution < -0.4 is 9.47 Å². The molecule has 0 bridgehead atoms. The van der Waals surface area contributed by atoms with Crippen molar-refractivity contribution in [2.24, 2.45) is 0 Å². The Labute approximate surface area is 115 Å². The van der Waals surface area contributed by atoms with Gasteiger partial charge < -0.3 is 9.47 Å². The first-order valence-electron chi connectivity index (χ1n) is 5.64. The molecule has 0 aliphatic rings. The van der Waals surface area contributed by atoms with Crippen LogP contribution in [0.15, 0.2) is 36.4 Å². The Bertz CT molecular complexity index is 730. The summed E-state index contributed by atoms with van der Waals surface area (Å²) in [6, 6.07) is 12.4. The van der Waals surface area contributed by atoms with Crippen LogP contribution in [0.4, 0.5) is 4.39 Å². The van der Waals surface area contributed by atoms with Gasteiger partial charge in [-0.3, -0.25) is 0 Å². The summed E-state index contributed by atoms with van der Waals surface area (Å²) in [5.41, 5.74) is 0.230. The van der Waals surface area contributed by atoms with Gasteiger partial charge in [-0.05, 0) is 24.3 Å². The zero-order valence-corrected chi connectivity index (χ0v) is 10.6. The molecule has 5 heteroatoms. The third-order valence-electron chi connectivity index (χ3n) is 2.60. The molecule has 0 amide bonds. The highest BCUT2D eigenvalue weighted by Gasteiger charge is 2.12. The van der Waals surface area contributed by atoms with Gasteiger partial charge in [0.2, 0.25) is 0 Å². The molecular formula is C15H9FN2O2. The van der Waals surface area contributed by atoms with Gasteiger partial charge in [0.25, 0.3) is 0 Å². The van der Waals surface area contributed by atoms with Crippen molar-refractivity contribution in [2.45, 2.75) is 0 Å². The van der Waals surface area contributed by atoms with E-state index in [0.717, 1.165) is 0 Å². The summed E-state index contributed by atoms with van der Waals surface area (Å²) in [5, 5.41) is 17.8. The van der Waals surface area contributed by atoms with Gasteiger partial charge in [0.15, 0.2) is 11.5 Å². The predicted octanol–water partition coefficient (Wildman–Crippen LogP) is 3.37. The Kier molecular flexibility index (Phi) is 3.83. The minimum Gasteiger partial charge on any atom is -0.493 e. The second kappa shape index (κ2) is 5.73. The van der Waals surface area contributed by atoms with Crippen molar-refractivity contribution in [3.05, 3.63) is 53.3 Å². The molecule has 98 valence electrons. The van der Waals surface area contributed by atoms with Crippen molar-refractivity contribution in [1.82, 2.24) is 0 Å². The zero-order valence-electron chi connectivity index (χ0n) is 10.6. The predicted molar refractivity (Wildman–Crippen MR) is 68.9 cm³/mol. The molecule has 2 aromatic carbocycles. The van der Waals surface area contributed by atoms with E-state index < -0.39 is 5.82 Å². The van der Waals surface area contributed by atoms with Gasteiger partial charge >= 0.3 is 0 Å². The summed E-state index contributed by atoms with van der Waals surface area (Å²) < 4.78 is 24.1. The number of nitriles is 2. The molecule has 0 aliphatic heterocycles. The van der Waals surface area contributed by atoms with Crippen LogP contribution in [0.25, 0.3) is 0 Å². The van der Waals surface area contributed by atoms with Gasteiger partial charge in [0.1, 0.15) is 23.2 Å². The monoisotopic (exact) mass is 268 g/mol. The maximum atomic E-state index is 13.5. The lowest BCUT2D eigenvalue weighted by molar-refractivity contribution is 0.377. The first-order valence-corrected chi connectivity index (χ1v) is 5.64. The van der Waals surface area contributed by atoms with Crippen LogP contribution in [-0.4, -0.2) is 7.11 Å². The maximum absolute atomic E-state index is 13.5. The summed E-state index contributed by atoms with van der Waals surface area (Å²) in [6.07, 6.45) is 0. The Morgan fingerprint density at radius 3 is 2.45 bits per heavy atom. The number of rotatable bonds is 3. The molecule has 0 radical (unpaired) electrons. The Hall–Kier alpha value is -3.05. The SMILES string of the molecule is COc1cc(C#N)ccc1Oc1cccc(F)c1C#N. The fourth-order valence-corrected chi connectivity index (χ4v) is 1.64. The Balaban J connectivity index is 2.44. The molecular weight excluding hydrogens is 259 g/mol. The van der Waals surface area contributed by atoms with Crippen LogP contribution in [0.5, 0.6) is 17.2 Å². The van der Waals surface area contributed by atoms with Crippen molar-refractivity contribution >= 4 is 0 Å². The number of methoxy groups -OCH3 is 1. The summed E-state index contributed by atoms with van der Waals surface area (Å²) in [4.78, 5) is 0. The standard InChI is InChI=1S/C15H9FN2O2/c1-19-15-7-10(8-17)5-6-14(15)20-13-4-2-3-12(16)11(13)9-18/h2-7H,1H3. The maximum Gasteiger partial charge on any atom is 0.169 e. The Morgan fingerprint density at radius 2 is 1.80 bits per heavy atom. The van der Waals surface area contributed by atoms with E-state index in [0.29, 0.717) is 17.1 Å². The fraction of sp³-hybridized carbons (Fsp3) is 0.0667. The average Bonchev–Trinajstić information content (AvgIpc) is 2.48. The third kappa shape index (κ3) is 2.52. The van der Waals surface area contributed by atoms with E-state index in [-0.39, 0.29) is 11.3 Å². The number of hydrogen-bond donors (Lipinski definition) is 0. The molecule has 0 heterocycles. The van der Waals surface area contributed by atoms with Gasteiger partial charge in [-0.25, -0.2) is 4.39 Å². The highest BCUT2D eigenvalue weighted by Crippen LogP contribution is 2.34. The molecule has 0 aliphatic carbocycles. The molecule has 0 fully saturated rings. The summed E-state index contributed by atoms with van der Waals surface area (Å²) >= 11 is 0. The molecule has 20 heavy (non-hydrogen) atoms. The van der Waals surface area contributed by atoms with E-state index in [2.05, 4.69) is 0 Å². The van der Waals surface area contributed by atoms with E-state index in [1.807, 2.05) is 6.07 Å². The van der Waals surface area contributed by atoms with Crippen molar-refractivity contribution in [1.29, 1.82) is 10.5 Å². The second-order valence-corrected chi connectivity index (χ2v) is 3.80. The number of halogens is 1. The number of ether oxygens (including phenoxy) is 2. The molecule has 0 spiro atoms. The first kappa shape index (κ1) is 13.4. The number of benzene rings is 2. The normalized spacial score (nSPS) is 9.40. The minimum absolute atomic E-state index is 0.0931. The van der Waals surface area contributed by atoms with E-state index in [1.54, 1.807) is 12.1 Å². The summed E-state index contributed by atoms with van der Waals surface area (Å²) in [6.45, 7) is 0. The molecule has 0 atom stereocenters. The highest BCUT2D eigenvalue weighted by atomic mass is 19.1. The van der Waals surface area contributed by atoms with E-state index in [9.17, 15) is 4.39 Å². The average molecular weight is 268 g/mol. The van der Waals surface area contributed by atoms with Crippen LogP contribution in [0.2, 0.25) is 0 Å².